The van der Waals surface area contributed by atoms with Crippen LogP contribution in [0.3, 0.4) is 0 Å². The van der Waals surface area contributed by atoms with Crippen molar-refractivity contribution < 1.29 is 4.92 Å². The molecule has 6 heteroatoms. The quantitative estimate of drug-likeness (QED) is 0.624. The topological polar surface area (TPSA) is 73.0 Å². The van der Waals surface area contributed by atoms with Gasteiger partial charge in [0.05, 0.1) is 4.92 Å². The van der Waals surface area contributed by atoms with Gasteiger partial charge < -0.3 is 5.32 Å². The summed E-state index contributed by atoms with van der Waals surface area (Å²) < 4.78 is 1.61. The monoisotopic (exact) mass is 240 g/mol. The van der Waals surface area contributed by atoms with Crippen molar-refractivity contribution in [2.45, 2.75) is 33.2 Å². The van der Waals surface area contributed by atoms with Crippen LogP contribution in [0.4, 0.5) is 5.69 Å². The molecule has 1 aromatic rings. The lowest BCUT2D eigenvalue weighted by Gasteiger charge is -2.19. The smallest absolute Gasteiger partial charge is 0.313 e. The fourth-order valence-corrected chi connectivity index (χ4v) is 2.04. The zero-order chi connectivity index (χ0) is 13.2. The van der Waals surface area contributed by atoms with Gasteiger partial charge in [-0.05, 0) is 19.9 Å². The number of nitro groups is 1. The van der Waals surface area contributed by atoms with Crippen molar-refractivity contribution >= 4 is 5.69 Å². The molecular formula is C11H20N4O2. The highest BCUT2D eigenvalue weighted by molar-refractivity contribution is 5.40. The molecule has 0 aliphatic carbocycles. The van der Waals surface area contributed by atoms with E-state index in [9.17, 15) is 10.1 Å². The Labute approximate surface area is 101 Å². The largest absolute Gasteiger partial charge is 0.316 e. The molecule has 0 spiro atoms. The molecule has 1 unspecified atom stereocenters. The summed E-state index contributed by atoms with van der Waals surface area (Å²) in [6.07, 6.45) is 0.613. The Kier molecular flexibility index (Phi) is 4.22. The number of nitrogens with zero attached hydrogens (tertiary/aromatic N) is 3. The third-order valence-electron chi connectivity index (χ3n) is 3.08. The van der Waals surface area contributed by atoms with Gasteiger partial charge in [-0.25, -0.2) is 0 Å². The maximum atomic E-state index is 11.0. The molecule has 17 heavy (non-hydrogen) atoms. The first-order chi connectivity index (χ1) is 7.88. The number of nitrogens with one attached hydrogen (secondary N) is 1. The predicted octanol–water partition coefficient (Wildman–Crippen LogP) is 1.42. The first kappa shape index (κ1) is 13.6. The van der Waals surface area contributed by atoms with Crippen LogP contribution in [0.15, 0.2) is 0 Å². The first-order valence-electron chi connectivity index (χ1n) is 5.72. The van der Waals surface area contributed by atoms with E-state index in [1.165, 1.54) is 0 Å². The van der Waals surface area contributed by atoms with Gasteiger partial charge in [-0.15, -0.1) is 0 Å². The second-order valence-corrected chi connectivity index (χ2v) is 4.60. The molecule has 1 atom stereocenters. The maximum Gasteiger partial charge on any atom is 0.313 e. The van der Waals surface area contributed by atoms with Gasteiger partial charge in [-0.3, -0.25) is 14.8 Å². The molecule has 1 rings (SSSR count). The second-order valence-electron chi connectivity index (χ2n) is 4.60. The van der Waals surface area contributed by atoms with E-state index in [1.807, 2.05) is 7.05 Å². The van der Waals surface area contributed by atoms with Gasteiger partial charge in [-0.1, -0.05) is 13.8 Å². The lowest BCUT2D eigenvalue weighted by atomic mass is 9.99. The lowest BCUT2D eigenvalue weighted by Crippen LogP contribution is -2.33. The predicted molar refractivity (Wildman–Crippen MR) is 66.0 cm³/mol. The summed E-state index contributed by atoms with van der Waals surface area (Å²) in [5.74, 6) is 0.412. The lowest BCUT2D eigenvalue weighted by molar-refractivity contribution is -0.386. The minimum Gasteiger partial charge on any atom is -0.316 e. The van der Waals surface area contributed by atoms with E-state index >= 15 is 0 Å². The normalized spacial score (nSPS) is 13.1. The Balaban J connectivity index is 3.09. The average Bonchev–Trinajstić information content (AvgIpc) is 2.49. The minimum atomic E-state index is -0.343. The van der Waals surface area contributed by atoms with Crippen molar-refractivity contribution in [3.05, 3.63) is 21.5 Å². The average molecular weight is 240 g/mol. The molecule has 0 amide bonds. The first-order valence-corrected chi connectivity index (χ1v) is 5.72. The number of aryl methyl sites for hydroxylation is 2. The van der Waals surface area contributed by atoms with Crippen LogP contribution in [-0.4, -0.2) is 27.8 Å². The molecular weight excluding hydrogens is 220 g/mol. The molecule has 0 radical (unpaired) electrons. The molecule has 0 aliphatic heterocycles. The Hall–Kier alpha value is -1.43. The Morgan fingerprint density at radius 3 is 2.53 bits per heavy atom. The van der Waals surface area contributed by atoms with Gasteiger partial charge in [0.15, 0.2) is 0 Å². The van der Waals surface area contributed by atoms with Crippen LogP contribution in [0.25, 0.3) is 0 Å². The highest BCUT2D eigenvalue weighted by atomic mass is 16.6. The molecule has 1 N–H and O–H groups in total. The summed E-state index contributed by atoms with van der Waals surface area (Å²) >= 11 is 0. The second kappa shape index (κ2) is 5.27. The van der Waals surface area contributed by atoms with Crippen LogP contribution >= 0.6 is 0 Å². The number of hydrogen-bond donors (Lipinski definition) is 1. The van der Waals surface area contributed by atoms with Crippen LogP contribution in [0.2, 0.25) is 0 Å². The molecule has 0 aromatic carbocycles. The van der Waals surface area contributed by atoms with Gasteiger partial charge in [0.1, 0.15) is 11.4 Å². The summed E-state index contributed by atoms with van der Waals surface area (Å²) in [5, 5.41) is 18.3. The molecule has 0 saturated heterocycles. The van der Waals surface area contributed by atoms with Crippen LogP contribution in [0.5, 0.6) is 0 Å². The number of hydrogen-bond acceptors (Lipinski definition) is 4. The van der Waals surface area contributed by atoms with Crippen molar-refractivity contribution in [3.8, 4) is 0 Å². The zero-order valence-electron chi connectivity index (χ0n) is 11.0. The molecule has 1 heterocycles. The van der Waals surface area contributed by atoms with Gasteiger partial charge >= 0.3 is 5.69 Å². The Morgan fingerprint density at radius 1 is 1.53 bits per heavy atom. The van der Waals surface area contributed by atoms with E-state index in [-0.39, 0.29) is 16.7 Å². The molecule has 0 aliphatic rings. The van der Waals surface area contributed by atoms with E-state index in [2.05, 4.69) is 24.3 Å². The van der Waals surface area contributed by atoms with Crippen LogP contribution in [0, 0.1) is 23.0 Å². The van der Waals surface area contributed by atoms with Crippen LogP contribution < -0.4 is 5.32 Å². The van der Waals surface area contributed by atoms with Gasteiger partial charge in [0.2, 0.25) is 0 Å². The Bertz CT molecular complexity index is 412. The van der Waals surface area contributed by atoms with Crippen molar-refractivity contribution in [1.82, 2.24) is 15.1 Å². The van der Waals surface area contributed by atoms with Gasteiger partial charge in [0, 0.05) is 19.5 Å². The van der Waals surface area contributed by atoms with Crippen LogP contribution in [-0.2, 0) is 13.5 Å². The highest BCUT2D eigenvalue weighted by Crippen LogP contribution is 2.24. The molecule has 96 valence electrons. The van der Waals surface area contributed by atoms with E-state index in [0.29, 0.717) is 23.7 Å². The summed E-state index contributed by atoms with van der Waals surface area (Å²) in [6.45, 7) is 5.86. The van der Waals surface area contributed by atoms with Crippen molar-refractivity contribution in [3.63, 3.8) is 0 Å². The van der Waals surface area contributed by atoms with E-state index < -0.39 is 0 Å². The number of rotatable bonds is 5. The number of aromatic nitrogens is 2. The highest BCUT2D eigenvalue weighted by Gasteiger charge is 2.26. The van der Waals surface area contributed by atoms with Crippen molar-refractivity contribution in [2.75, 3.05) is 7.05 Å². The van der Waals surface area contributed by atoms with Crippen LogP contribution in [0.1, 0.15) is 25.2 Å². The third kappa shape index (κ3) is 2.82. The molecule has 1 aromatic heterocycles. The third-order valence-corrected chi connectivity index (χ3v) is 3.08. The summed E-state index contributed by atoms with van der Waals surface area (Å²) in [5.41, 5.74) is 1.31. The standard InChI is InChI=1S/C11H20N4O2/c1-7(2)9(12-4)6-10-11(15(16)17)8(3)13-14(10)5/h7,9,12H,6H2,1-5H3. The molecule has 0 saturated carbocycles. The van der Waals surface area contributed by atoms with E-state index in [0.717, 1.165) is 0 Å². The van der Waals surface area contributed by atoms with E-state index in [1.54, 1.807) is 18.7 Å². The molecule has 6 nitrogen and oxygen atoms in total. The Morgan fingerprint density at radius 2 is 2.12 bits per heavy atom. The SMILES string of the molecule is CNC(Cc1c([N+](=O)[O-])c(C)nn1C)C(C)C. The summed E-state index contributed by atoms with van der Waals surface area (Å²) in [6, 6.07) is 0.212. The van der Waals surface area contributed by atoms with Crippen molar-refractivity contribution in [1.29, 1.82) is 0 Å². The molecule has 0 fully saturated rings. The van der Waals surface area contributed by atoms with Gasteiger partial charge in [0.25, 0.3) is 0 Å². The fourth-order valence-electron chi connectivity index (χ4n) is 2.04. The summed E-state index contributed by atoms with van der Waals surface area (Å²) in [4.78, 5) is 10.7. The minimum absolute atomic E-state index is 0.147. The molecule has 0 bridgehead atoms. The zero-order valence-corrected chi connectivity index (χ0v) is 11.0. The fraction of sp³-hybridized carbons (Fsp3) is 0.727. The maximum absolute atomic E-state index is 11.0. The number of likely N-dealkylation sites (N-methyl/N-ethyl adjacent to an activating group) is 1. The van der Waals surface area contributed by atoms with Crippen molar-refractivity contribution in [2.24, 2.45) is 13.0 Å². The summed E-state index contributed by atoms with van der Waals surface area (Å²) in [7, 11) is 3.63. The van der Waals surface area contributed by atoms with E-state index in [4.69, 9.17) is 0 Å². The van der Waals surface area contributed by atoms with Gasteiger partial charge in [-0.2, -0.15) is 5.10 Å².